The second-order valence-corrected chi connectivity index (χ2v) is 6.24. The van der Waals surface area contributed by atoms with E-state index in [1.807, 2.05) is 0 Å². The number of hydrogen-bond donors (Lipinski definition) is 5. The first-order valence-corrected chi connectivity index (χ1v) is 8.07. The maximum Gasteiger partial charge on any atom is 1.00 e. The van der Waals surface area contributed by atoms with Gasteiger partial charge in [-0.2, -0.15) is 0 Å². The number of rotatable bonds is 4. The molecule has 6 N–H and O–H groups in total. The fourth-order valence-corrected chi connectivity index (χ4v) is 2.74. The van der Waals surface area contributed by atoms with Crippen molar-refractivity contribution in [3.63, 3.8) is 0 Å². The van der Waals surface area contributed by atoms with Crippen molar-refractivity contribution in [2.24, 2.45) is 10.7 Å². The average Bonchev–Trinajstić information content (AvgIpc) is 3.01. The van der Waals surface area contributed by atoms with Crippen molar-refractivity contribution in [2.75, 3.05) is 13.3 Å². The molecule has 128 valence electrons. The number of fused-ring (bicyclic) bond motifs is 1. The van der Waals surface area contributed by atoms with E-state index in [0.29, 0.717) is 10.8 Å². The Morgan fingerprint density at radius 2 is 2.17 bits per heavy atom. The van der Waals surface area contributed by atoms with Crippen molar-refractivity contribution >= 4 is 13.6 Å². The summed E-state index contributed by atoms with van der Waals surface area (Å²) in [6, 6.07) is 0. The first-order valence-electron chi connectivity index (χ1n) is 6.54. The van der Waals surface area contributed by atoms with Crippen molar-refractivity contribution in [3.05, 3.63) is 22.5 Å². The SMILES string of the molecule is NC1=c2ncn([C@@H]3O[C@H](COP(=O)(O)O)[C@@H](O)[C@H]3O)c2=NC[N-]1.[Na+]. The molecule has 0 radical (unpaired) electrons. The van der Waals surface area contributed by atoms with Crippen LogP contribution in [0.5, 0.6) is 0 Å². The van der Waals surface area contributed by atoms with Crippen LogP contribution in [0, 0.1) is 0 Å². The monoisotopic (exact) mass is 371 g/mol. The normalized spacial score (nSPS) is 29.4. The van der Waals surface area contributed by atoms with Crippen LogP contribution in [-0.4, -0.2) is 61.1 Å². The third-order valence-corrected chi connectivity index (χ3v) is 3.98. The number of nitrogens with zero attached hydrogens (tertiary/aromatic N) is 4. The van der Waals surface area contributed by atoms with Crippen LogP contribution in [0.1, 0.15) is 6.23 Å². The maximum atomic E-state index is 10.7. The second-order valence-electron chi connectivity index (χ2n) is 5.00. The fourth-order valence-electron chi connectivity index (χ4n) is 2.40. The number of nitrogens with two attached hydrogens (primary N) is 1. The van der Waals surface area contributed by atoms with Crippen LogP contribution in [0.2, 0.25) is 0 Å². The van der Waals surface area contributed by atoms with Crippen LogP contribution in [0.25, 0.3) is 11.1 Å². The van der Waals surface area contributed by atoms with E-state index in [1.54, 1.807) is 0 Å². The van der Waals surface area contributed by atoms with Crippen LogP contribution in [0.4, 0.5) is 0 Å². The maximum absolute atomic E-state index is 10.7. The number of aliphatic hydroxyl groups is 2. The van der Waals surface area contributed by atoms with Gasteiger partial charge in [0.25, 0.3) is 0 Å². The van der Waals surface area contributed by atoms with E-state index >= 15 is 0 Å². The Morgan fingerprint density at radius 3 is 2.83 bits per heavy atom. The molecule has 1 fully saturated rings. The standard InChI is InChI=1S/C10H15N5O7P.Na/c11-8-5-9(13-2-12-8)15(3-14-5)10-7(17)6(16)4(22-10)1-21-23(18,19)20;/h3-4,6-7,10,16-17H,1-2,11H2,(H2,18,19,20);/q-1;+1/t4-,6-,7-,10-;/m1./s1. The molecule has 0 spiro atoms. The minimum absolute atomic E-state index is 0. The van der Waals surface area contributed by atoms with Crippen LogP contribution in [0.15, 0.2) is 11.3 Å². The zero-order valence-corrected chi connectivity index (χ0v) is 15.5. The van der Waals surface area contributed by atoms with Gasteiger partial charge in [-0.25, -0.2) is 9.55 Å². The molecule has 14 heteroatoms. The molecule has 0 saturated carbocycles. The summed E-state index contributed by atoms with van der Waals surface area (Å²) in [6.45, 7) is -0.489. The summed E-state index contributed by atoms with van der Waals surface area (Å²) in [6.07, 6.45) is -3.63. The van der Waals surface area contributed by atoms with E-state index in [9.17, 15) is 14.8 Å². The molecule has 3 rings (SSSR count). The summed E-state index contributed by atoms with van der Waals surface area (Å²) in [5.41, 5.74) is 6.04. The molecular weight excluding hydrogens is 356 g/mol. The summed E-state index contributed by atoms with van der Waals surface area (Å²) in [5, 5.41) is 24.3. The van der Waals surface area contributed by atoms with E-state index in [0.717, 1.165) is 0 Å². The van der Waals surface area contributed by atoms with E-state index in [1.165, 1.54) is 10.9 Å². The minimum Gasteiger partial charge on any atom is -0.493 e. The smallest absolute Gasteiger partial charge is 0.493 e. The second kappa shape index (κ2) is 7.38. The number of aliphatic hydroxyl groups excluding tert-OH is 2. The number of ether oxygens (including phenoxy) is 1. The van der Waals surface area contributed by atoms with Crippen molar-refractivity contribution in [1.29, 1.82) is 0 Å². The van der Waals surface area contributed by atoms with Gasteiger partial charge in [0, 0.05) is 6.67 Å². The summed E-state index contributed by atoms with van der Waals surface area (Å²) in [7, 11) is -4.71. The van der Waals surface area contributed by atoms with E-state index < -0.39 is 39.0 Å². The van der Waals surface area contributed by atoms with Gasteiger partial charge in [-0.3, -0.25) is 14.1 Å². The van der Waals surface area contributed by atoms with Gasteiger partial charge in [0.2, 0.25) is 0 Å². The van der Waals surface area contributed by atoms with Gasteiger partial charge in [0.15, 0.2) is 11.7 Å². The fraction of sp³-hybridized carbons (Fsp3) is 0.600. The molecule has 0 bridgehead atoms. The molecule has 0 unspecified atom stereocenters. The molecule has 0 aromatic carbocycles. The number of aromatic nitrogens is 2. The van der Waals surface area contributed by atoms with Crippen LogP contribution in [-0.2, 0) is 13.8 Å². The summed E-state index contributed by atoms with van der Waals surface area (Å²) in [4.78, 5) is 25.6. The molecule has 1 saturated heterocycles. The third-order valence-electron chi connectivity index (χ3n) is 3.49. The van der Waals surface area contributed by atoms with Gasteiger partial charge in [-0.15, -0.1) is 0 Å². The number of imidazole rings is 1. The van der Waals surface area contributed by atoms with E-state index in [4.69, 9.17) is 20.3 Å². The summed E-state index contributed by atoms with van der Waals surface area (Å²) in [5.74, 6) is 0.197. The summed E-state index contributed by atoms with van der Waals surface area (Å²) >= 11 is 0. The molecule has 2 aliphatic heterocycles. The van der Waals surface area contributed by atoms with Crippen LogP contribution < -0.4 is 46.1 Å². The van der Waals surface area contributed by atoms with Gasteiger partial charge < -0.3 is 35.8 Å². The molecule has 2 aliphatic rings. The van der Waals surface area contributed by atoms with Crippen molar-refractivity contribution in [3.8, 4) is 0 Å². The molecular formula is C10H15N5NaO7P. The van der Waals surface area contributed by atoms with Gasteiger partial charge >= 0.3 is 37.4 Å². The van der Waals surface area contributed by atoms with E-state index in [2.05, 4.69) is 19.8 Å². The van der Waals surface area contributed by atoms with Gasteiger partial charge in [0.05, 0.1) is 12.9 Å². The quantitative estimate of drug-likeness (QED) is 0.253. The minimum atomic E-state index is -4.71. The molecule has 4 atom stereocenters. The molecule has 1 aromatic heterocycles. The number of phosphoric acid groups is 1. The number of phosphoric ester groups is 1. The Hall–Kier alpha value is -0.530. The van der Waals surface area contributed by atoms with Crippen molar-refractivity contribution < 1.29 is 63.4 Å². The Bertz CT molecular complexity index is 766. The van der Waals surface area contributed by atoms with Crippen LogP contribution >= 0.6 is 7.82 Å². The van der Waals surface area contributed by atoms with Crippen molar-refractivity contribution in [1.82, 2.24) is 9.55 Å². The van der Waals surface area contributed by atoms with Gasteiger partial charge in [0.1, 0.15) is 23.7 Å². The zero-order valence-electron chi connectivity index (χ0n) is 12.6. The predicted molar refractivity (Wildman–Crippen MR) is 72.7 cm³/mol. The first kappa shape index (κ1) is 19.8. The molecule has 0 amide bonds. The molecule has 12 nitrogen and oxygen atoms in total. The molecule has 1 aromatic rings. The molecule has 24 heavy (non-hydrogen) atoms. The van der Waals surface area contributed by atoms with Gasteiger partial charge in [-0.1, -0.05) is 0 Å². The first-order chi connectivity index (χ1) is 10.8. The predicted octanol–water partition coefficient (Wildman–Crippen LogP) is -6.40. The zero-order chi connectivity index (χ0) is 16.8. The Balaban J connectivity index is 0.00000208. The average molecular weight is 371 g/mol. The van der Waals surface area contributed by atoms with Crippen LogP contribution in [0.3, 0.4) is 0 Å². The topological polar surface area (TPSA) is 187 Å². The Morgan fingerprint density at radius 1 is 1.46 bits per heavy atom. The van der Waals surface area contributed by atoms with Crippen molar-refractivity contribution in [2.45, 2.75) is 24.5 Å². The number of hydrogen-bond acceptors (Lipinski definition) is 8. The Labute approximate surface area is 157 Å². The van der Waals surface area contributed by atoms with E-state index in [-0.39, 0.29) is 42.0 Å². The molecule has 3 heterocycles. The Kier molecular flexibility index (Phi) is 6.08. The largest absolute Gasteiger partial charge is 1.00 e. The molecule has 0 aliphatic carbocycles. The third kappa shape index (κ3) is 3.83. The summed E-state index contributed by atoms with van der Waals surface area (Å²) < 4.78 is 21.9. The van der Waals surface area contributed by atoms with Gasteiger partial charge in [-0.05, 0) is 5.82 Å².